The van der Waals surface area contributed by atoms with Gasteiger partial charge in [0.2, 0.25) is 17.7 Å². The van der Waals surface area contributed by atoms with Gasteiger partial charge in [-0.1, -0.05) is 0 Å². The highest BCUT2D eigenvalue weighted by molar-refractivity contribution is 6.06. The fourth-order valence-corrected chi connectivity index (χ4v) is 7.58. The van der Waals surface area contributed by atoms with Gasteiger partial charge in [0.1, 0.15) is 0 Å². The molecule has 2 aliphatic heterocycles. The maximum Gasteiger partial charge on any atom is 0.247 e. The van der Waals surface area contributed by atoms with Gasteiger partial charge in [0.25, 0.3) is 0 Å². The average Bonchev–Trinajstić information content (AvgIpc) is 3.45. The zero-order valence-corrected chi connectivity index (χ0v) is 16.6. The highest BCUT2D eigenvalue weighted by Gasteiger charge is 2.56. The zero-order valence-electron chi connectivity index (χ0n) is 16.6. The molecule has 0 aromatic rings. The number of imide groups is 1. The summed E-state index contributed by atoms with van der Waals surface area (Å²) in [5.74, 6) is 2.77. The van der Waals surface area contributed by atoms with E-state index in [-0.39, 0.29) is 29.3 Å². The minimum atomic E-state index is -0.287. The molecular formula is C22H31N3O3. The minimum Gasteiger partial charge on any atom is -0.340 e. The summed E-state index contributed by atoms with van der Waals surface area (Å²) in [7, 11) is 0. The number of carbonyl (C=O) groups excluding carboxylic acids is 3. The number of carbonyl (C=O) groups is 3. The molecule has 2 heterocycles. The fourth-order valence-electron chi connectivity index (χ4n) is 7.58. The third-order valence-corrected chi connectivity index (χ3v) is 8.61. The van der Waals surface area contributed by atoms with E-state index in [0.717, 1.165) is 62.9 Å². The molecule has 0 aromatic carbocycles. The van der Waals surface area contributed by atoms with E-state index in [2.05, 4.69) is 9.80 Å². The molecule has 7 aliphatic rings. The Hall–Kier alpha value is -1.43. The second-order valence-electron chi connectivity index (χ2n) is 10.6. The van der Waals surface area contributed by atoms with Gasteiger partial charge < -0.3 is 4.90 Å². The standard InChI is InChI=1S/C22H31N3O3/c26-19-10-18(20(27)25(19)17-1-2-17)23-3-5-24(6-4-23)21(28)22-11-14-7-15(12-22)9-16(8-14)13-22/h14-18H,1-13H2/t14?,15?,16?,18-,22?/m1/s1. The lowest BCUT2D eigenvalue weighted by molar-refractivity contribution is -0.159. The summed E-state index contributed by atoms with van der Waals surface area (Å²) in [6.07, 6.45) is 9.69. The number of likely N-dealkylation sites (tertiary alicyclic amines) is 1. The number of nitrogens with zero attached hydrogens (tertiary/aromatic N) is 3. The van der Waals surface area contributed by atoms with E-state index in [1.807, 2.05) is 0 Å². The Morgan fingerprint density at radius 1 is 0.857 bits per heavy atom. The topological polar surface area (TPSA) is 60.9 Å². The fraction of sp³-hybridized carbons (Fsp3) is 0.864. The van der Waals surface area contributed by atoms with Crippen molar-refractivity contribution in [2.24, 2.45) is 23.2 Å². The lowest BCUT2D eigenvalue weighted by atomic mass is 9.49. The SMILES string of the molecule is O=C1C[C@@H](N2CCN(C(=O)C34CC5CC(CC(C5)C3)C4)CC2)C(=O)N1C1CC1. The quantitative estimate of drug-likeness (QED) is 0.693. The van der Waals surface area contributed by atoms with Crippen molar-refractivity contribution in [3.8, 4) is 0 Å². The molecule has 1 atom stereocenters. The van der Waals surface area contributed by atoms with Crippen LogP contribution in [0.5, 0.6) is 0 Å². The van der Waals surface area contributed by atoms with E-state index < -0.39 is 0 Å². The van der Waals surface area contributed by atoms with Crippen LogP contribution in [0.2, 0.25) is 0 Å². The van der Waals surface area contributed by atoms with Gasteiger partial charge in [0.05, 0.1) is 17.9 Å². The van der Waals surface area contributed by atoms with E-state index in [1.165, 1.54) is 24.2 Å². The van der Waals surface area contributed by atoms with Crippen molar-refractivity contribution in [1.82, 2.24) is 14.7 Å². The molecule has 28 heavy (non-hydrogen) atoms. The van der Waals surface area contributed by atoms with Crippen molar-refractivity contribution >= 4 is 17.7 Å². The molecule has 0 spiro atoms. The van der Waals surface area contributed by atoms with Crippen molar-refractivity contribution in [3.63, 3.8) is 0 Å². The molecule has 0 unspecified atom stereocenters. The van der Waals surface area contributed by atoms with Crippen molar-refractivity contribution < 1.29 is 14.4 Å². The summed E-state index contributed by atoms with van der Waals surface area (Å²) in [6.45, 7) is 2.87. The molecule has 152 valence electrons. The Morgan fingerprint density at radius 3 is 1.96 bits per heavy atom. The first-order chi connectivity index (χ1) is 13.5. The van der Waals surface area contributed by atoms with Crippen molar-refractivity contribution in [3.05, 3.63) is 0 Å². The van der Waals surface area contributed by atoms with Gasteiger partial charge in [-0.3, -0.25) is 24.2 Å². The molecular weight excluding hydrogens is 354 g/mol. The molecule has 6 nitrogen and oxygen atoms in total. The zero-order chi connectivity index (χ0) is 19.0. The van der Waals surface area contributed by atoms with Gasteiger partial charge in [-0.05, 0) is 69.1 Å². The Morgan fingerprint density at radius 2 is 1.43 bits per heavy atom. The summed E-state index contributed by atoms with van der Waals surface area (Å²) in [6, 6.07) is -0.117. The van der Waals surface area contributed by atoms with Crippen LogP contribution in [0.3, 0.4) is 0 Å². The van der Waals surface area contributed by atoms with Crippen molar-refractivity contribution in [1.29, 1.82) is 0 Å². The number of hydrogen-bond acceptors (Lipinski definition) is 4. The van der Waals surface area contributed by atoms with Crippen LogP contribution in [0.4, 0.5) is 0 Å². The molecule has 4 bridgehead atoms. The van der Waals surface area contributed by atoms with Crippen LogP contribution < -0.4 is 0 Å². The van der Waals surface area contributed by atoms with Crippen LogP contribution in [0.25, 0.3) is 0 Å². The first-order valence-electron chi connectivity index (χ1n) is 11.4. The Bertz CT molecular complexity index is 687. The molecule has 0 radical (unpaired) electrons. The minimum absolute atomic E-state index is 0.00423. The predicted molar refractivity (Wildman–Crippen MR) is 102 cm³/mol. The molecule has 6 heteroatoms. The van der Waals surface area contributed by atoms with Gasteiger partial charge in [0.15, 0.2) is 0 Å². The highest BCUT2D eigenvalue weighted by Crippen LogP contribution is 2.60. The van der Waals surface area contributed by atoms with E-state index in [1.54, 1.807) is 0 Å². The lowest BCUT2D eigenvalue weighted by Crippen LogP contribution is -2.59. The Balaban J connectivity index is 1.11. The monoisotopic (exact) mass is 385 g/mol. The molecule has 5 aliphatic carbocycles. The normalized spacial score (nSPS) is 43.3. The van der Waals surface area contributed by atoms with E-state index >= 15 is 0 Å². The largest absolute Gasteiger partial charge is 0.340 e. The van der Waals surface area contributed by atoms with Gasteiger partial charge >= 0.3 is 0 Å². The van der Waals surface area contributed by atoms with E-state index in [0.29, 0.717) is 25.4 Å². The molecule has 7 rings (SSSR count). The predicted octanol–water partition coefficient (Wildman–Crippen LogP) is 1.64. The third-order valence-electron chi connectivity index (χ3n) is 8.61. The molecule has 0 aromatic heterocycles. The summed E-state index contributed by atoms with van der Waals surface area (Å²) in [4.78, 5) is 44.3. The van der Waals surface area contributed by atoms with Gasteiger partial charge in [-0.2, -0.15) is 0 Å². The number of hydrogen-bond donors (Lipinski definition) is 0. The number of piperazine rings is 1. The Kier molecular flexibility index (Phi) is 3.76. The van der Waals surface area contributed by atoms with Crippen LogP contribution >= 0.6 is 0 Å². The maximum atomic E-state index is 13.5. The van der Waals surface area contributed by atoms with E-state index in [4.69, 9.17) is 0 Å². The average molecular weight is 386 g/mol. The van der Waals surface area contributed by atoms with E-state index in [9.17, 15) is 14.4 Å². The molecule has 5 saturated carbocycles. The summed E-state index contributed by atoms with van der Waals surface area (Å²) in [5.41, 5.74) is -0.0706. The maximum absolute atomic E-state index is 13.5. The molecule has 7 fully saturated rings. The second-order valence-corrected chi connectivity index (χ2v) is 10.6. The smallest absolute Gasteiger partial charge is 0.247 e. The van der Waals surface area contributed by atoms with Crippen molar-refractivity contribution in [2.45, 2.75) is 69.9 Å². The van der Waals surface area contributed by atoms with Crippen LogP contribution in [0.15, 0.2) is 0 Å². The highest BCUT2D eigenvalue weighted by atomic mass is 16.2. The molecule has 3 amide bonds. The van der Waals surface area contributed by atoms with Crippen LogP contribution in [-0.2, 0) is 14.4 Å². The lowest BCUT2D eigenvalue weighted by Gasteiger charge is -2.57. The Labute approximate surface area is 166 Å². The summed E-state index contributed by atoms with van der Waals surface area (Å²) < 4.78 is 0. The van der Waals surface area contributed by atoms with Crippen LogP contribution in [0, 0.1) is 23.2 Å². The van der Waals surface area contributed by atoms with Gasteiger partial charge in [-0.15, -0.1) is 0 Å². The second kappa shape index (κ2) is 6.04. The summed E-state index contributed by atoms with van der Waals surface area (Å²) in [5, 5.41) is 0. The molecule has 2 saturated heterocycles. The van der Waals surface area contributed by atoms with Crippen LogP contribution in [0.1, 0.15) is 57.8 Å². The first-order valence-corrected chi connectivity index (χ1v) is 11.4. The van der Waals surface area contributed by atoms with Crippen molar-refractivity contribution in [2.75, 3.05) is 26.2 Å². The summed E-state index contributed by atoms with van der Waals surface area (Å²) >= 11 is 0. The third kappa shape index (κ3) is 2.59. The van der Waals surface area contributed by atoms with Gasteiger partial charge in [0, 0.05) is 32.2 Å². The first kappa shape index (κ1) is 17.4. The molecule has 0 N–H and O–H groups in total. The number of rotatable bonds is 3. The van der Waals surface area contributed by atoms with Crippen LogP contribution in [-0.4, -0.2) is 70.7 Å². The van der Waals surface area contributed by atoms with Gasteiger partial charge in [-0.25, -0.2) is 0 Å². The number of amides is 3.